The van der Waals surface area contributed by atoms with Crippen molar-refractivity contribution >= 4 is 28.5 Å². The van der Waals surface area contributed by atoms with E-state index in [2.05, 4.69) is 78.6 Å². The van der Waals surface area contributed by atoms with Crippen LogP contribution in [0.2, 0.25) is 78.6 Å². The molecule has 8 heteroatoms. The van der Waals surface area contributed by atoms with Crippen LogP contribution in [-0.4, -0.2) is 28.5 Å². The Morgan fingerprint density at radius 1 is 0.550 bits per heavy atom. The number of rotatable bonds is 6. The number of hydrogen-bond acceptors (Lipinski definition) is 3. The first-order valence-electron chi connectivity index (χ1n) is 7.52. The minimum atomic E-state index is -4.68. The molecule has 0 fully saturated rings. The van der Waals surface area contributed by atoms with Crippen molar-refractivity contribution in [3.8, 4) is 0 Å². The van der Waals surface area contributed by atoms with Crippen LogP contribution < -0.4 is 0 Å². The molecule has 0 aromatic rings. The van der Waals surface area contributed by atoms with E-state index in [1.54, 1.807) is 0 Å². The predicted octanol–water partition coefficient (Wildman–Crippen LogP) is 5.22. The normalized spacial score (nSPS) is 16.4. The first-order valence-corrected chi connectivity index (χ1v) is 27.9. The van der Waals surface area contributed by atoms with Crippen LogP contribution in [-0.2, 0) is 23.9 Å². The maximum absolute atomic E-state index is 14.7. The summed E-state index contributed by atoms with van der Waals surface area (Å²) in [6, 6.07) is 0. The Labute approximate surface area is 130 Å². The molecule has 0 saturated carbocycles. The Morgan fingerprint density at radius 3 is 0.850 bits per heavy atom. The molecular formula is C12H36O3Si4Ti. The average Bonchev–Trinajstić information content (AvgIpc) is 1.90. The van der Waals surface area contributed by atoms with Crippen LogP contribution in [0.15, 0.2) is 0 Å². The molecule has 0 N–H and O–H groups in total. The van der Waals surface area contributed by atoms with Crippen LogP contribution in [0, 0.1) is 0 Å². The van der Waals surface area contributed by atoms with Crippen LogP contribution >= 0.6 is 0 Å². The van der Waals surface area contributed by atoms with Gasteiger partial charge >= 0.3 is 131 Å². The van der Waals surface area contributed by atoms with Gasteiger partial charge in [-0.15, -0.1) is 0 Å². The molecule has 0 radical (unpaired) electrons. The molecule has 0 spiro atoms. The third-order valence-electron chi connectivity index (χ3n) is 3.57. The Balaban J connectivity index is 6.48. The zero-order valence-corrected chi connectivity index (χ0v) is 21.3. The molecule has 122 valence electrons. The third-order valence-corrected chi connectivity index (χ3v) is 67.8. The monoisotopic (exact) mass is 388 g/mol. The van der Waals surface area contributed by atoms with Gasteiger partial charge in [-0.2, -0.15) is 0 Å². The Kier molecular flexibility index (Phi) is 5.79. The molecule has 20 heavy (non-hydrogen) atoms. The second-order valence-corrected chi connectivity index (χ2v) is 56.0. The van der Waals surface area contributed by atoms with Crippen LogP contribution in [0.1, 0.15) is 0 Å². The van der Waals surface area contributed by atoms with Gasteiger partial charge in [0.15, 0.2) is 0 Å². The first-order chi connectivity index (χ1) is 8.23. The van der Waals surface area contributed by atoms with E-state index in [1.165, 1.54) is 0 Å². The first kappa shape index (κ1) is 21.3. The quantitative estimate of drug-likeness (QED) is 0.585. The predicted molar refractivity (Wildman–Crippen MR) is 96.2 cm³/mol. The zero-order valence-electron chi connectivity index (χ0n) is 15.7. The van der Waals surface area contributed by atoms with E-state index >= 15 is 0 Å². The van der Waals surface area contributed by atoms with Crippen molar-refractivity contribution < 1.29 is 23.9 Å². The summed E-state index contributed by atoms with van der Waals surface area (Å²) in [6.07, 6.45) is 0. The summed E-state index contributed by atoms with van der Waals surface area (Å²) in [5, 5.41) is 0. The van der Waals surface area contributed by atoms with Gasteiger partial charge in [-0.05, 0) is 0 Å². The molecule has 0 aliphatic carbocycles. The van der Waals surface area contributed by atoms with Crippen molar-refractivity contribution in [2.24, 2.45) is 0 Å². The van der Waals surface area contributed by atoms with E-state index < -0.39 is 43.1 Å². The van der Waals surface area contributed by atoms with Crippen molar-refractivity contribution in [1.29, 1.82) is 0 Å². The van der Waals surface area contributed by atoms with Gasteiger partial charge in [0.25, 0.3) is 0 Å². The second-order valence-electron chi connectivity index (χ2n) is 9.92. The van der Waals surface area contributed by atoms with E-state index in [0.717, 1.165) is 0 Å². The Bertz CT molecular complexity index is 382. The zero-order chi connectivity index (χ0) is 16.9. The molecule has 0 aliphatic rings. The topological polar surface area (TPSA) is 35.5 Å². The van der Waals surface area contributed by atoms with Gasteiger partial charge in [-0.25, -0.2) is 0 Å². The van der Waals surface area contributed by atoms with Crippen molar-refractivity contribution in [1.82, 2.24) is 0 Å². The van der Waals surface area contributed by atoms with Crippen molar-refractivity contribution in [2.45, 2.75) is 78.6 Å². The molecular weight excluding hydrogens is 352 g/mol. The van der Waals surface area contributed by atoms with Crippen molar-refractivity contribution in [2.75, 3.05) is 0 Å². The van der Waals surface area contributed by atoms with Crippen LogP contribution in [0.25, 0.3) is 0 Å². The minimum absolute atomic E-state index is 1.94. The standard InChI is InChI=1S/2C3H9OSi.2C3H9Si.O.Ti/c2*1-5(2,3)4;2*1-4(2)3;;/h2*1-3H3;2*1-3H3;;/q2*-1;;;;+2. The molecule has 0 saturated heterocycles. The SMILES string of the molecule is C[Si](C)(C)[O][Ti](=[O])([O][Si](C)(C)C)([Si](C)(C)C)[Si](C)(C)C. The summed E-state index contributed by atoms with van der Waals surface area (Å²) in [7, 11) is -3.89. The molecule has 0 aromatic carbocycles. The molecule has 0 rings (SSSR count). The summed E-state index contributed by atoms with van der Waals surface area (Å²) < 4.78 is 27.9. The van der Waals surface area contributed by atoms with Crippen molar-refractivity contribution in [3.05, 3.63) is 0 Å². The molecule has 3 nitrogen and oxygen atoms in total. The van der Waals surface area contributed by atoms with Gasteiger partial charge in [0.1, 0.15) is 0 Å². The molecule has 0 atom stereocenters. The summed E-state index contributed by atoms with van der Waals surface area (Å²) in [5.74, 6) is -4.19. The van der Waals surface area contributed by atoms with Gasteiger partial charge < -0.3 is 0 Å². The average molecular weight is 389 g/mol. The van der Waals surface area contributed by atoms with Gasteiger partial charge in [-0.1, -0.05) is 0 Å². The summed E-state index contributed by atoms with van der Waals surface area (Å²) in [4.78, 5) is 0. The molecule has 0 aromatic heterocycles. The molecule has 0 bridgehead atoms. The fourth-order valence-corrected chi connectivity index (χ4v) is 94.2. The third kappa shape index (κ3) is 4.19. The van der Waals surface area contributed by atoms with E-state index in [-0.39, 0.29) is 0 Å². The fourth-order valence-electron chi connectivity index (χ4n) is 2.87. The van der Waals surface area contributed by atoms with Gasteiger partial charge in [0.05, 0.1) is 0 Å². The summed E-state index contributed by atoms with van der Waals surface area (Å²) >= 11 is -4.68. The maximum atomic E-state index is 14.7. The van der Waals surface area contributed by atoms with E-state index in [9.17, 15) is 3.32 Å². The fraction of sp³-hybridized carbons (Fsp3) is 1.00. The molecule has 0 amide bonds. The molecule has 0 unspecified atom stereocenters. The Morgan fingerprint density at radius 2 is 0.750 bits per heavy atom. The number of hydrogen-bond donors (Lipinski definition) is 0. The van der Waals surface area contributed by atoms with Gasteiger partial charge in [0, 0.05) is 0 Å². The van der Waals surface area contributed by atoms with E-state index in [1.807, 2.05) is 0 Å². The van der Waals surface area contributed by atoms with Crippen molar-refractivity contribution in [3.63, 3.8) is 0 Å². The summed E-state index contributed by atoms with van der Waals surface area (Å²) in [6.45, 7) is 26.0. The van der Waals surface area contributed by atoms with Crippen LogP contribution in [0.3, 0.4) is 0 Å². The van der Waals surface area contributed by atoms with Gasteiger partial charge in [0.2, 0.25) is 0 Å². The van der Waals surface area contributed by atoms with Crippen LogP contribution in [0.5, 0.6) is 0 Å². The second kappa shape index (κ2) is 5.44. The van der Waals surface area contributed by atoms with E-state index in [4.69, 9.17) is 6.02 Å². The molecule has 0 heterocycles. The molecule has 0 aliphatic heterocycles. The van der Waals surface area contributed by atoms with E-state index in [0.29, 0.717) is 0 Å². The van der Waals surface area contributed by atoms with Gasteiger partial charge in [-0.3, -0.25) is 0 Å². The van der Waals surface area contributed by atoms with Crippen LogP contribution in [0.4, 0.5) is 0 Å². The Hall–Kier alpha value is 1.30. The summed E-state index contributed by atoms with van der Waals surface area (Å²) in [5.41, 5.74) is 0.